The summed E-state index contributed by atoms with van der Waals surface area (Å²) in [5.74, 6) is -2.06. The number of nitrogens with zero attached hydrogens (tertiary/aromatic N) is 1. The third-order valence-electron chi connectivity index (χ3n) is 3.58. The molecule has 0 bridgehead atoms. The van der Waals surface area contributed by atoms with E-state index in [9.17, 15) is 14.4 Å². The number of carbonyl (C=O) groups is 3. The number of nitrogens with one attached hydrogen (secondary N) is 3. The lowest BCUT2D eigenvalue weighted by Gasteiger charge is -2.26. The highest BCUT2D eigenvalue weighted by Crippen LogP contribution is 2.19. The van der Waals surface area contributed by atoms with Crippen molar-refractivity contribution in [1.29, 1.82) is 5.41 Å². The quantitative estimate of drug-likeness (QED) is 0.166. The number of hydrogen-bond donors (Lipinski definition) is 6. The van der Waals surface area contributed by atoms with Crippen LogP contribution in [0.15, 0.2) is 0 Å². The molecule has 1 aliphatic rings. The molecule has 0 unspecified atom stereocenters. The van der Waals surface area contributed by atoms with E-state index in [1.165, 1.54) is 4.90 Å². The molecule has 0 aliphatic carbocycles. The summed E-state index contributed by atoms with van der Waals surface area (Å²) in [6.45, 7) is 0.405. The monoisotopic (exact) mass is 328 g/mol. The van der Waals surface area contributed by atoms with Crippen LogP contribution >= 0.6 is 0 Å². The molecule has 0 aromatic carbocycles. The van der Waals surface area contributed by atoms with Gasteiger partial charge < -0.3 is 32.1 Å². The number of likely N-dealkylation sites (tertiary alicyclic amines) is 1. The van der Waals surface area contributed by atoms with Crippen molar-refractivity contribution in [3.63, 3.8) is 0 Å². The molecule has 0 radical (unpaired) electrons. The standard InChI is InChI=1S/C13H24N6O4/c14-8(3-1-5-17-13(15)16)12(23)19-6-2-4-9(19)11(22)18-7-10(20)21/h8-9H,1-7,14H2,(H,18,22)(H,20,21)(H4,15,16,17)/t8-,9-/m0/s1. The lowest BCUT2D eigenvalue weighted by atomic mass is 10.1. The zero-order valence-corrected chi connectivity index (χ0v) is 12.9. The summed E-state index contributed by atoms with van der Waals surface area (Å²) in [7, 11) is 0. The predicted molar refractivity (Wildman–Crippen MR) is 82.5 cm³/mol. The molecule has 0 saturated carbocycles. The van der Waals surface area contributed by atoms with Gasteiger partial charge in [-0.25, -0.2) is 0 Å². The Hall–Kier alpha value is -2.36. The molecule has 0 spiro atoms. The first kappa shape index (κ1) is 18.7. The van der Waals surface area contributed by atoms with Gasteiger partial charge in [-0.2, -0.15) is 0 Å². The zero-order chi connectivity index (χ0) is 17.4. The van der Waals surface area contributed by atoms with Gasteiger partial charge in [0.15, 0.2) is 5.96 Å². The Morgan fingerprint density at radius 3 is 2.65 bits per heavy atom. The molecule has 0 aromatic heterocycles. The lowest BCUT2D eigenvalue weighted by Crippen LogP contribution is -2.51. The van der Waals surface area contributed by atoms with Crippen molar-refractivity contribution in [3.05, 3.63) is 0 Å². The second-order valence-electron chi connectivity index (χ2n) is 5.39. The van der Waals surface area contributed by atoms with Crippen LogP contribution < -0.4 is 22.1 Å². The molecule has 130 valence electrons. The molecule has 1 heterocycles. The van der Waals surface area contributed by atoms with Crippen molar-refractivity contribution in [2.24, 2.45) is 11.5 Å². The summed E-state index contributed by atoms with van der Waals surface area (Å²) in [4.78, 5) is 36.2. The highest BCUT2D eigenvalue weighted by molar-refractivity contribution is 5.91. The van der Waals surface area contributed by atoms with Crippen LogP contribution in [0.5, 0.6) is 0 Å². The summed E-state index contributed by atoms with van der Waals surface area (Å²) in [6, 6.07) is -1.40. The molecule has 23 heavy (non-hydrogen) atoms. The minimum Gasteiger partial charge on any atom is -0.480 e. The van der Waals surface area contributed by atoms with Gasteiger partial charge in [0.1, 0.15) is 12.6 Å². The van der Waals surface area contributed by atoms with Crippen molar-refractivity contribution in [2.45, 2.75) is 37.8 Å². The minimum atomic E-state index is -1.14. The second kappa shape index (κ2) is 8.93. The Morgan fingerprint density at radius 2 is 2.04 bits per heavy atom. The van der Waals surface area contributed by atoms with E-state index >= 15 is 0 Å². The van der Waals surface area contributed by atoms with Gasteiger partial charge in [0, 0.05) is 13.1 Å². The Bertz CT molecular complexity index is 469. The van der Waals surface area contributed by atoms with E-state index in [2.05, 4.69) is 10.6 Å². The van der Waals surface area contributed by atoms with Gasteiger partial charge in [-0.3, -0.25) is 19.8 Å². The molecule has 0 aromatic rings. The molecule has 1 fully saturated rings. The molecule has 10 heteroatoms. The van der Waals surface area contributed by atoms with Crippen molar-refractivity contribution < 1.29 is 19.5 Å². The average molecular weight is 328 g/mol. The number of rotatable bonds is 8. The SMILES string of the molecule is N=C(N)NCCC[C@H](N)C(=O)N1CCC[C@H]1C(=O)NCC(=O)O. The van der Waals surface area contributed by atoms with Crippen LogP contribution in [0, 0.1) is 5.41 Å². The number of amides is 2. The number of nitrogens with two attached hydrogens (primary N) is 2. The number of guanidine groups is 1. The first-order chi connectivity index (χ1) is 10.8. The van der Waals surface area contributed by atoms with E-state index in [0.717, 1.165) is 0 Å². The number of carboxylic acid groups (broad SMARTS) is 1. The first-order valence-electron chi connectivity index (χ1n) is 7.46. The van der Waals surface area contributed by atoms with E-state index in [1.54, 1.807) is 0 Å². The van der Waals surface area contributed by atoms with Gasteiger partial charge >= 0.3 is 5.97 Å². The molecule has 2 atom stereocenters. The minimum absolute atomic E-state index is 0.139. The smallest absolute Gasteiger partial charge is 0.322 e. The van der Waals surface area contributed by atoms with Crippen molar-refractivity contribution in [3.8, 4) is 0 Å². The van der Waals surface area contributed by atoms with Crippen LogP contribution in [0.3, 0.4) is 0 Å². The predicted octanol–water partition coefficient (Wildman–Crippen LogP) is -2.23. The van der Waals surface area contributed by atoms with Crippen LogP contribution in [0.1, 0.15) is 25.7 Å². The summed E-state index contributed by atoms with van der Waals surface area (Å²) in [6.07, 6.45) is 2.14. The lowest BCUT2D eigenvalue weighted by molar-refractivity contribution is -0.141. The number of aliphatic carboxylic acids is 1. The topological polar surface area (TPSA) is 175 Å². The molecular weight excluding hydrogens is 304 g/mol. The normalized spacial score (nSPS) is 18.3. The Morgan fingerprint density at radius 1 is 1.35 bits per heavy atom. The zero-order valence-electron chi connectivity index (χ0n) is 12.9. The molecular formula is C13H24N6O4. The van der Waals surface area contributed by atoms with E-state index < -0.39 is 30.5 Å². The Balaban J connectivity index is 2.47. The van der Waals surface area contributed by atoms with Crippen LogP contribution in [-0.2, 0) is 14.4 Å². The van der Waals surface area contributed by atoms with E-state index in [-0.39, 0.29) is 11.9 Å². The third kappa shape index (κ3) is 6.10. The molecule has 1 aliphatic heterocycles. The van der Waals surface area contributed by atoms with Crippen molar-refractivity contribution in [2.75, 3.05) is 19.6 Å². The summed E-state index contributed by atoms with van der Waals surface area (Å²) >= 11 is 0. The van der Waals surface area contributed by atoms with Crippen molar-refractivity contribution >= 4 is 23.7 Å². The van der Waals surface area contributed by atoms with Gasteiger partial charge in [-0.05, 0) is 25.7 Å². The third-order valence-corrected chi connectivity index (χ3v) is 3.58. The average Bonchev–Trinajstić information content (AvgIpc) is 2.97. The van der Waals surface area contributed by atoms with Gasteiger partial charge in [0.2, 0.25) is 11.8 Å². The fourth-order valence-corrected chi connectivity index (χ4v) is 2.47. The van der Waals surface area contributed by atoms with E-state index in [0.29, 0.717) is 38.8 Å². The Labute approximate surface area is 134 Å². The number of hydrogen-bond acceptors (Lipinski definition) is 5. The fraction of sp³-hybridized carbons (Fsp3) is 0.692. The summed E-state index contributed by atoms with van der Waals surface area (Å²) in [5, 5.41) is 20.5. The number of carboxylic acids is 1. The summed E-state index contributed by atoms with van der Waals surface area (Å²) in [5.41, 5.74) is 11.0. The van der Waals surface area contributed by atoms with Crippen LogP contribution in [0.25, 0.3) is 0 Å². The van der Waals surface area contributed by atoms with Crippen molar-refractivity contribution in [1.82, 2.24) is 15.5 Å². The van der Waals surface area contributed by atoms with Crippen LogP contribution in [-0.4, -0.2) is 65.5 Å². The maximum Gasteiger partial charge on any atom is 0.322 e. The maximum atomic E-state index is 12.3. The number of carbonyl (C=O) groups excluding carboxylic acids is 2. The molecule has 1 rings (SSSR count). The molecule has 2 amide bonds. The highest BCUT2D eigenvalue weighted by Gasteiger charge is 2.35. The molecule has 10 nitrogen and oxygen atoms in total. The van der Waals surface area contributed by atoms with E-state index in [4.69, 9.17) is 22.0 Å². The first-order valence-corrected chi connectivity index (χ1v) is 7.46. The Kier molecular flexibility index (Phi) is 7.26. The molecule has 8 N–H and O–H groups in total. The largest absolute Gasteiger partial charge is 0.480 e. The highest BCUT2D eigenvalue weighted by atomic mass is 16.4. The van der Waals surface area contributed by atoms with E-state index in [1.807, 2.05) is 0 Å². The van der Waals surface area contributed by atoms with Gasteiger partial charge in [-0.15, -0.1) is 0 Å². The fourth-order valence-electron chi connectivity index (χ4n) is 2.47. The van der Waals surface area contributed by atoms with Crippen LogP contribution in [0.2, 0.25) is 0 Å². The van der Waals surface area contributed by atoms with Gasteiger partial charge in [0.05, 0.1) is 6.04 Å². The maximum absolute atomic E-state index is 12.3. The van der Waals surface area contributed by atoms with Crippen LogP contribution in [0.4, 0.5) is 0 Å². The van der Waals surface area contributed by atoms with Gasteiger partial charge in [-0.1, -0.05) is 0 Å². The second-order valence-corrected chi connectivity index (χ2v) is 5.39. The van der Waals surface area contributed by atoms with Gasteiger partial charge in [0.25, 0.3) is 0 Å². The molecule has 1 saturated heterocycles. The summed E-state index contributed by atoms with van der Waals surface area (Å²) < 4.78 is 0.